The van der Waals surface area contributed by atoms with Gasteiger partial charge in [-0.25, -0.2) is 8.42 Å². The van der Waals surface area contributed by atoms with Crippen molar-refractivity contribution in [3.63, 3.8) is 0 Å². The Morgan fingerprint density at radius 3 is 2.04 bits per heavy atom. The van der Waals surface area contributed by atoms with Crippen LogP contribution >= 0.6 is 15.9 Å². The highest BCUT2D eigenvalue weighted by atomic mass is 79.9. The number of nitriles is 1. The normalized spacial score (nSPS) is 13.3. The van der Waals surface area contributed by atoms with Crippen LogP contribution in [0.5, 0.6) is 0 Å². The van der Waals surface area contributed by atoms with Crippen LogP contribution in [0.2, 0.25) is 0 Å². The maximum Gasteiger partial charge on any atom is 0.498 e. The summed E-state index contributed by atoms with van der Waals surface area (Å²) in [5.74, 6) is 0. The van der Waals surface area contributed by atoms with Crippen molar-refractivity contribution in [2.75, 3.05) is 0 Å². The molecule has 0 aromatic heterocycles. The molecular formula is C16H11BrF3NO2S. The van der Waals surface area contributed by atoms with Gasteiger partial charge in [0, 0.05) is 4.47 Å². The maximum atomic E-state index is 13.0. The molecule has 0 aliphatic heterocycles. The number of nitrogens with zero attached hydrogens (tertiary/aromatic N) is 1. The Hall–Kier alpha value is -1.85. The van der Waals surface area contributed by atoms with Crippen LogP contribution in [0.3, 0.4) is 0 Å². The average molecular weight is 418 g/mol. The zero-order chi connectivity index (χ0) is 18.0. The Morgan fingerprint density at radius 2 is 1.58 bits per heavy atom. The fourth-order valence-corrected chi connectivity index (χ4v) is 3.69. The van der Waals surface area contributed by atoms with Crippen molar-refractivity contribution < 1.29 is 21.6 Å². The quantitative estimate of drug-likeness (QED) is 0.733. The molecule has 0 aliphatic rings. The number of hydrogen-bond acceptors (Lipinski definition) is 3. The Balaban J connectivity index is 2.46. The first-order valence-electron chi connectivity index (χ1n) is 6.70. The van der Waals surface area contributed by atoms with E-state index in [4.69, 9.17) is 5.26 Å². The number of hydrogen-bond donors (Lipinski definition) is 0. The van der Waals surface area contributed by atoms with Gasteiger partial charge in [-0.1, -0.05) is 40.2 Å². The molecule has 0 saturated heterocycles. The Kier molecular flexibility index (Phi) is 5.35. The molecule has 1 unspecified atom stereocenters. The lowest BCUT2D eigenvalue weighted by Crippen LogP contribution is -2.30. The van der Waals surface area contributed by atoms with Gasteiger partial charge >= 0.3 is 5.51 Å². The first-order valence-corrected chi connectivity index (χ1v) is 9.04. The van der Waals surface area contributed by atoms with Crippen LogP contribution in [0, 0.1) is 11.3 Å². The van der Waals surface area contributed by atoms with Gasteiger partial charge < -0.3 is 0 Å². The molecule has 0 aliphatic carbocycles. The summed E-state index contributed by atoms with van der Waals surface area (Å²) in [4.78, 5) is 0. The van der Waals surface area contributed by atoms with Crippen LogP contribution in [0.15, 0.2) is 53.0 Å². The van der Waals surface area contributed by atoms with Gasteiger partial charge in [0.15, 0.2) is 0 Å². The van der Waals surface area contributed by atoms with E-state index in [1.165, 1.54) is 48.5 Å². The second kappa shape index (κ2) is 6.95. The summed E-state index contributed by atoms with van der Waals surface area (Å²) in [6, 6.07) is 13.4. The molecule has 0 spiro atoms. The van der Waals surface area contributed by atoms with Crippen molar-refractivity contribution in [2.45, 2.75) is 17.2 Å². The zero-order valence-corrected chi connectivity index (χ0v) is 14.5. The third-order valence-corrected chi connectivity index (χ3v) is 5.80. The van der Waals surface area contributed by atoms with Crippen molar-refractivity contribution in [1.29, 1.82) is 5.26 Å². The van der Waals surface area contributed by atoms with Crippen molar-refractivity contribution in [3.8, 4) is 6.07 Å². The fraction of sp³-hybridized carbons (Fsp3) is 0.188. The van der Waals surface area contributed by atoms with Crippen LogP contribution in [0.25, 0.3) is 0 Å². The molecule has 0 radical (unpaired) electrons. The van der Waals surface area contributed by atoms with Crippen LogP contribution in [-0.2, 0) is 16.3 Å². The van der Waals surface area contributed by atoms with E-state index in [9.17, 15) is 21.6 Å². The summed E-state index contributed by atoms with van der Waals surface area (Å²) in [5, 5.41) is 7.00. The highest BCUT2D eigenvalue weighted by molar-refractivity contribution is 9.10. The molecule has 0 fully saturated rings. The van der Waals surface area contributed by atoms with Gasteiger partial charge in [0.05, 0.1) is 16.9 Å². The van der Waals surface area contributed by atoms with Crippen molar-refractivity contribution >= 4 is 25.8 Å². The summed E-state index contributed by atoms with van der Waals surface area (Å²) in [7, 11) is -5.40. The highest BCUT2D eigenvalue weighted by Gasteiger charge is 2.51. The summed E-state index contributed by atoms with van der Waals surface area (Å²) in [5.41, 5.74) is -4.55. The van der Waals surface area contributed by atoms with Crippen molar-refractivity contribution in [2.24, 2.45) is 0 Å². The van der Waals surface area contributed by atoms with E-state index in [1.54, 1.807) is 0 Å². The molecule has 2 aromatic rings. The molecule has 0 N–H and O–H groups in total. The lowest BCUT2D eigenvalue weighted by atomic mass is 10.0. The number of halogens is 4. The van der Waals surface area contributed by atoms with Gasteiger partial charge in [-0.15, -0.1) is 0 Å². The van der Waals surface area contributed by atoms with E-state index in [2.05, 4.69) is 15.9 Å². The molecule has 0 heterocycles. The molecule has 2 aromatic carbocycles. The molecule has 126 valence electrons. The highest BCUT2D eigenvalue weighted by Crippen LogP contribution is 2.38. The van der Waals surface area contributed by atoms with Gasteiger partial charge in [-0.2, -0.15) is 18.4 Å². The Labute approximate surface area is 145 Å². The predicted octanol–water partition coefficient (Wildman–Crippen LogP) is 4.54. The summed E-state index contributed by atoms with van der Waals surface area (Å²) >= 11 is 3.16. The molecule has 3 nitrogen and oxygen atoms in total. The monoisotopic (exact) mass is 417 g/mol. The first kappa shape index (κ1) is 18.5. The summed E-state index contributed by atoms with van der Waals surface area (Å²) in [6.45, 7) is 0. The second-order valence-electron chi connectivity index (χ2n) is 5.04. The minimum atomic E-state index is -5.40. The number of rotatable bonds is 4. The van der Waals surface area contributed by atoms with E-state index in [0.29, 0.717) is 15.6 Å². The van der Waals surface area contributed by atoms with Gasteiger partial charge in [0.1, 0.15) is 0 Å². The fourth-order valence-electron chi connectivity index (χ4n) is 2.17. The first-order chi connectivity index (χ1) is 11.1. The molecule has 0 amide bonds. The second-order valence-corrected chi connectivity index (χ2v) is 8.08. The largest absolute Gasteiger partial charge is 0.498 e. The number of alkyl halides is 3. The lowest BCUT2D eigenvalue weighted by Gasteiger charge is -2.20. The molecule has 1 atom stereocenters. The minimum absolute atomic E-state index is 0.0554. The van der Waals surface area contributed by atoms with Crippen LogP contribution in [0.1, 0.15) is 21.9 Å². The zero-order valence-electron chi connectivity index (χ0n) is 12.1. The topological polar surface area (TPSA) is 57.9 Å². The van der Waals surface area contributed by atoms with Crippen molar-refractivity contribution in [3.05, 3.63) is 69.7 Å². The van der Waals surface area contributed by atoms with Gasteiger partial charge in [-0.05, 0) is 41.8 Å². The molecular weight excluding hydrogens is 407 g/mol. The SMILES string of the molecule is N#Cc1ccc(CC(c2ccc(Br)cc2)S(=O)(=O)C(F)(F)F)cc1. The molecule has 0 bridgehead atoms. The van der Waals surface area contributed by atoms with Gasteiger partial charge in [-0.3, -0.25) is 0 Å². The van der Waals surface area contributed by atoms with Gasteiger partial charge in [0.25, 0.3) is 9.84 Å². The van der Waals surface area contributed by atoms with Crippen LogP contribution in [0.4, 0.5) is 13.2 Å². The van der Waals surface area contributed by atoms with Gasteiger partial charge in [0.2, 0.25) is 0 Å². The maximum absolute atomic E-state index is 13.0. The Morgan fingerprint density at radius 1 is 1.04 bits per heavy atom. The molecule has 0 saturated carbocycles. The summed E-state index contributed by atoms with van der Waals surface area (Å²) < 4.78 is 63.7. The van der Waals surface area contributed by atoms with Crippen LogP contribution in [-0.4, -0.2) is 13.9 Å². The van der Waals surface area contributed by atoms with E-state index < -0.39 is 20.6 Å². The standard InChI is InChI=1S/C16H11BrF3NO2S/c17-14-7-5-13(6-8-14)15(24(22,23)16(18,19)20)9-11-1-3-12(10-21)4-2-11/h1-8,15H,9H2. The van der Waals surface area contributed by atoms with Crippen LogP contribution < -0.4 is 0 Å². The summed E-state index contributed by atoms with van der Waals surface area (Å²) in [6.07, 6.45) is -0.338. The van der Waals surface area contributed by atoms with E-state index in [1.807, 2.05) is 6.07 Å². The third kappa shape index (κ3) is 3.97. The molecule has 8 heteroatoms. The average Bonchev–Trinajstić information content (AvgIpc) is 2.53. The third-order valence-electron chi connectivity index (χ3n) is 3.44. The van der Waals surface area contributed by atoms with E-state index in [0.717, 1.165) is 0 Å². The minimum Gasteiger partial charge on any atom is -0.219 e. The smallest absolute Gasteiger partial charge is 0.219 e. The van der Waals surface area contributed by atoms with E-state index >= 15 is 0 Å². The number of sulfone groups is 1. The predicted molar refractivity (Wildman–Crippen MR) is 86.7 cm³/mol. The lowest BCUT2D eigenvalue weighted by molar-refractivity contribution is -0.0445. The van der Waals surface area contributed by atoms with E-state index in [-0.39, 0.29) is 12.0 Å². The molecule has 2 rings (SSSR count). The number of benzene rings is 2. The Bertz CT molecular complexity index is 854. The molecule has 24 heavy (non-hydrogen) atoms. The van der Waals surface area contributed by atoms with Crippen molar-refractivity contribution in [1.82, 2.24) is 0 Å².